The van der Waals surface area contributed by atoms with Gasteiger partial charge in [0.25, 0.3) is 0 Å². The lowest BCUT2D eigenvalue weighted by atomic mass is 10.0. The Hall–Kier alpha value is -3.43. The van der Waals surface area contributed by atoms with E-state index in [4.69, 9.17) is 29.0 Å². The maximum Gasteiger partial charge on any atom is 0.508 e. The minimum atomic E-state index is -0.894. The summed E-state index contributed by atoms with van der Waals surface area (Å²) < 4.78 is 11.0. The lowest BCUT2D eigenvalue weighted by Crippen LogP contribution is -2.27. The highest BCUT2D eigenvalue weighted by Gasteiger charge is 2.21. The average molecular weight is 923 g/mol. The van der Waals surface area contributed by atoms with Crippen molar-refractivity contribution in [1.82, 2.24) is 0 Å². The van der Waals surface area contributed by atoms with Gasteiger partial charge in [-0.05, 0) is 61.1 Å². The average Bonchev–Trinajstić information content (AvgIpc) is 3.33. The SMILES string of the molecule is CCCCCCCCCCCCCCCCC(COC(=O)OCC(CCCCCCCCCCCCCCCC)OOC(=O)c1ccc(CCC)cc1)OOC(=O)c1ccc(CCC)cc1. The lowest BCUT2D eigenvalue weighted by molar-refractivity contribution is -0.285. The topological polar surface area (TPSA) is 107 Å². The molecule has 0 fully saturated rings. The number of benzene rings is 2. The summed E-state index contributed by atoms with van der Waals surface area (Å²) in [5.74, 6) is -1.19. The molecular weight excluding hydrogens is 829 g/mol. The lowest BCUT2D eigenvalue weighted by Gasteiger charge is -2.18. The van der Waals surface area contributed by atoms with E-state index >= 15 is 0 Å². The van der Waals surface area contributed by atoms with Crippen LogP contribution in [0.1, 0.15) is 265 Å². The largest absolute Gasteiger partial charge is 0.508 e. The van der Waals surface area contributed by atoms with Gasteiger partial charge in [0.05, 0.1) is 11.1 Å². The third-order valence-corrected chi connectivity index (χ3v) is 12.5. The summed E-state index contributed by atoms with van der Waals surface area (Å²) in [5.41, 5.74) is 3.09. The summed E-state index contributed by atoms with van der Waals surface area (Å²) in [6.07, 6.45) is 37.7. The van der Waals surface area contributed by atoms with Crippen LogP contribution >= 0.6 is 0 Å². The predicted octanol–water partition coefficient (Wildman–Crippen LogP) is 17.1. The normalized spacial score (nSPS) is 12.2. The number of rotatable bonds is 44. The van der Waals surface area contributed by atoms with E-state index in [1.807, 2.05) is 24.3 Å². The highest BCUT2D eigenvalue weighted by Crippen LogP contribution is 2.19. The van der Waals surface area contributed by atoms with E-state index in [2.05, 4.69) is 27.7 Å². The molecule has 66 heavy (non-hydrogen) atoms. The van der Waals surface area contributed by atoms with Crippen LogP contribution in [0.25, 0.3) is 0 Å². The van der Waals surface area contributed by atoms with Crippen molar-refractivity contribution in [3.05, 3.63) is 70.8 Å². The van der Waals surface area contributed by atoms with Gasteiger partial charge >= 0.3 is 18.1 Å². The summed E-state index contributed by atoms with van der Waals surface area (Å²) in [6.45, 7) is 8.47. The van der Waals surface area contributed by atoms with Crippen LogP contribution in [-0.2, 0) is 41.9 Å². The smallest absolute Gasteiger partial charge is 0.431 e. The third-order valence-electron chi connectivity index (χ3n) is 12.5. The van der Waals surface area contributed by atoms with Crippen molar-refractivity contribution in [2.24, 2.45) is 0 Å². The van der Waals surface area contributed by atoms with E-state index in [0.29, 0.717) is 24.0 Å². The fraction of sp³-hybridized carbons (Fsp3) is 0.737. The molecule has 2 rings (SSSR count). The summed E-state index contributed by atoms with van der Waals surface area (Å²) in [7, 11) is 0. The molecule has 9 heteroatoms. The molecule has 2 aromatic carbocycles. The molecule has 0 aliphatic carbocycles. The first-order chi connectivity index (χ1) is 32.4. The number of hydrogen-bond donors (Lipinski definition) is 0. The highest BCUT2D eigenvalue weighted by atomic mass is 17.2. The molecule has 0 spiro atoms. The first-order valence-electron chi connectivity index (χ1n) is 27.1. The Labute approximate surface area is 402 Å². The Balaban J connectivity index is 1.85. The fourth-order valence-electron chi connectivity index (χ4n) is 8.33. The zero-order valence-corrected chi connectivity index (χ0v) is 42.4. The Morgan fingerprint density at radius 1 is 0.364 bits per heavy atom. The molecule has 376 valence electrons. The van der Waals surface area contributed by atoms with Crippen LogP contribution in [0.15, 0.2) is 48.5 Å². The zero-order chi connectivity index (χ0) is 47.6. The van der Waals surface area contributed by atoms with Crippen LogP contribution in [0.5, 0.6) is 0 Å². The van der Waals surface area contributed by atoms with E-state index in [0.717, 1.165) is 75.3 Å². The van der Waals surface area contributed by atoms with Gasteiger partial charge in [0.1, 0.15) is 25.4 Å². The van der Waals surface area contributed by atoms with Gasteiger partial charge in [-0.1, -0.05) is 245 Å². The number of aryl methyl sites for hydroxylation is 2. The van der Waals surface area contributed by atoms with E-state index in [1.165, 1.54) is 141 Å². The van der Waals surface area contributed by atoms with Crippen LogP contribution in [0.2, 0.25) is 0 Å². The molecular formula is C57H94O9. The minimum absolute atomic E-state index is 0.145. The van der Waals surface area contributed by atoms with Crippen molar-refractivity contribution in [3.8, 4) is 0 Å². The maximum absolute atomic E-state index is 13.0. The van der Waals surface area contributed by atoms with Crippen LogP contribution in [0, 0.1) is 0 Å². The van der Waals surface area contributed by atoms with Gasteiger partial charge in [0.2, 0.25) is 0 Å². The molecule has 2 atom stereocenters. The van der Waals surface area contributed by atoms with Crippen molar-refractivity contribution < 1.29 is 43.4 Å². The molecule has 0 radical (unpaired) electrons. The molecule has 9 nitrogen and oxygen atoms in total. The first kappa shape index (κ1) is 58.7. The third kappa shape index (κ3) is 31.5. The maximum atomic E-state index is 13.0. The van der Waals surface area contributed by atoms with Gasteiger partial charge in [-0.15, -0.1) is 0 Å². The molecule has 0 N–H and O–H groups in total. The number of unbranched alkanes of at least 4 members (excludes halogenated alkanes) is 26. The van der Waals surface area contributed by atoms with Crippen LogP contribution in [-0.4, -0.2) is 43.5 Å². The van der Waals surface area contributed by atoms with E-state index < -0.39 is 30.3 Å². The molecule has 0 aliphatic rings. The molecule has 2 unspecified atom stereocenters. The second-order valence-electron chi connectivity index (χ2n) is 18.7. The van der Waals surface area contributed by atoms with Gasteiger partial charge in [-0.25, -0.2) is 14.4 Å². The summed E-state index contributed by atoms with van der Waals surface area (Å²) in [4.78, 5) is 60.6. The second-order valence-corrected chi connectivity index (χ2v) is 18.7. The van der Waals surface area contributed by atoms with Crippen LogP contribution in [0.4, 0.5) is 4.79 Å². The fourth-order valence-corrected chi connectivity index (χ4v) is 8.33. The van der Waals surface area contributed by atoms with Gasteiger partial charge in [-0.3, -0.25) is 9.78 Å². The van der Waals surface area contributed by atoms with Crippen LogP contribution < -0.4 is 0 Å². The molecule has 0 aromatic heterocycles. The highest BCUT2D eigenvalue weighted by molar-refractivity contribution is 5.89. The van der Waals surface area contributed by atoms with Gasteiger partial charge in [0, 0.05) is 0 Å². The van der Waals surface area contributed by atoms with E-state index in [-0.39, 0.29) is 13.2 Å². The quantitative estimate of drug-likeness (QED) is 0.0278. The molecule has 2 aromatic rings. The number of hydrogen-bond acceptors (Lipinski definition) is 9. The van der Waals surface area contributed by atoms with Crippen molar-refractivity contribution in [2.45, 2.75) is 258 Å². The van der Waals surface area contributed by atoms with Crippen molar-refractivity contribution in [1.29, 1.82) is 0 Å². The summed E-state index contributed by atoms with van der Waals surface area (Å²) in [5, 5.41) is 0. The predicted molar refractivity (Wildman–Crippen MR) is 269 cm³/mol. The van der Waals surface area contributed by atoms with Gasteiger partial charge < -0.3 is 9.47 Å². The number of carbonyl (C=O) groups excluding carboxylic acids is 3. The van der Waals surface area contributed by atoms with Crippen LogP contribution in [0.3, 0.4) is 0 Å². The zero-order valence-electron chi connectivity index (χ0n) is 42.4. The molecule has 0 saturated heterocycles. The van der Waals surface area contributed by atoms with Crippen molar-refractivity contribution in [2.75, 3.05) is 13.2 Å². The number of carbonyl (C=O) groups is 3. The molecule has 0 amide bonds. The second kappa shape index (κ2) is 41.7. The monoisotopic (exact) mass is 923 g/mol. The first-order valence-corrected chi connectivity index (χ1v) is 27.1. The Morgan fingerprint density at radius 2 is 0.636 bits per heavy atom. The Kier molecular flexibility index (Phi) is 37.1. The van der Waals surface area contributed by atoms with E-state index in [1.54, 1.807) is 24.3 Å². The van der Waals surface area contributed by atoms with Gasteiger partial charge in [0.15, 0.2) is 0 Å². The molecule has 0 aliphatic heterocycles. The van der Waals surface area contributed by atoms with E-state index in [9.17, 15) is 14.4 Å². The summed E-state index contributed by atoms with van der Waals surface area (Å²) >= 11 is 0. The van der Waals surface area contributed by atoms with Crippen molar-refractivity contribution >= 4 is 18.1 Å². The Bertz CT molecular complexity index is 1340. The Morgan fingerprint density at radius 3 is 0.909 bits per heavy atom. The molecule has 0 bridgehead atoms. The standard InChI is InChI=1S/C57H94O9/c1-5-9-11-13-15-17-19-21-23-25-27-29-31-33-37-53(63-65-55(58)51-43-39-49(35-7-3)40-44-51)47-61-57(60)62-48-54(64-66-56(59)52-45-41-50(36-8-4)42-46-52)38-34-32-30-28-26-24-22-20-18-16-14-12-10-6-2/h39-46,53-54H,5-38,47-48H2,1-4H3. The molecule has 0 saturated carbocycles. The van der Waals surface area contributed by atoms with Crippen molar-refractivity contribution in [3.63, 3.8) is 0 Å². The summed E-state index contributed by atoms with van der Waals surface area (Å²) in [6, 6.07) is 14.7. The van der Waals surface area contributed by atoms with Gasteiger partial charge in [-0.2, -0.15) is 9.78 Å². The molecule has 0 heterocycles. The number of ether oxygens (including phenoxy) is 2. The minimum Gasteiger partial charge on any atom is -0.431 e.